The predicted molar refractivity (Wildman–Crippen MR) is 88.5 cm³/mol. The zero-order valence-corrected chi connectivity index (χ0v) is 12.9. The Kier molecular flexibility index (Phi) is 4.42. The van der Waals surface area contributed by atoms with E-state index in [2.05, 4.69) is 10.6 Å². The van der Waals surface area contributed by atoms with Crippen molar-refractivity contribution in [3.63, 3.8) is 0 Å². The molecule has 1 saturated heterocycles. The third-order valence-electron chi connectivity index (χ3n) is 3.45. The van der Waals surface area contributed by atoms with Crippen molar-refractivity contribution in [2.75, 3.05) is 0 Å². The van der Waals surface area contributed by atoms with E-state index in [1.54, 1.807) is 6.07 Å². The molecule has 8 nitrogen and oxygen atoms in total. The molecule has 3 amide bonds. The summed E-state index contributed by atoms with van der Waals surface area (Å²) in [5.74, 6) is -0.465. The zero-order chi connectivity index (χ0) is 17.8. The van der Waals surface area contributed by atoms with E-state index >= 15 is 0 Å². The molecular weight excluding hydrogens is 326 g/mol. The minimum absolute atomic E-state index is 0.0252. The third-order valence-corrected chi connectivity index (χ3v) is 3.45. The number of nitrogens with one attached hydrogen (secondary N) is 2. The van der Waals surface area contributed by atoms with Crippen LogP contribution < -0.4 is 15.4 Å². The topological polar surface area (TPSA) is 111 Å². The van der Waals surface area contributed by atoms with Gasteiger partial charge < -0.3 is 10.1 Å². The molecule has 3 rings (SSSR count). The van der Waals surface area contributed by atoms with E-state index in [1.165, 1.54) is 18.2 Å². The lowest BCUT2D eigenvalue weighted by Gasteiger charge is -2.07. The van der Waals surface area contributed by atoms with Gasteiger partial charge in [-0.2, -0.15) is 0 Å². The van der Waals surface area contributed by atoms with E-state index in [9.17, 15) is 19.7 Å². The number of nitro benzene ring substituents is 1. The number of hydrogen-bond donors (Lipinski definition) is 2. The van der Waals surface area contributed by atoms with Crippen LogP contribution in [0.25, 0.3) is 6.08 Å². The molecule has 0 aromatic heterocycles. The highest BCUT2D eigenvalue weighted by Gasteiger charge is 2.23. The van der Waals surface area contributed by atoms with Gasteiger partial charge in [0.15, 0.2) is 5.75 Å². The molecule has 2 aromatic carbocycles. The summed E-state index contributed by atoms with van der Waals surface area (Å²) in [6.07, 6.45) is 1.36. The number of urea groups is 1. The van der Waals surface area contributed by atoms with Crippen LogP contribution in [0, 0.1) is 10.1 Å². The van der Waals surface area contributed by atoms with E-state index < -0.39 is 16.9 Å². The largest absolute Gasteiger partial charge is 0.482 e. The molecule has 0 radical (unpaired) electrons. The van der Waals surface area contributed by atoms with Crippen LogP contribution >= 0.6 is 0 Å². The highest BCUT2D eigenvalue weighted by atomic mass is 16.6. The third kappa shape index (κ3) is 3.81. The van der Waals surface area contributed by atoms with Gasteiger partial charge in [0.05, 0.1) is 4.92 Å². The minimum Gasteiger partial charge on any atom is -0.482 e. The molecule has 1 heterocycles. The molecule has 2 N–H and O–H groups in total. The second-order valence-corrected chi connectivity index (χ2v) is 5.22. The molecule has 1 aliphatic rings. The Morgan fingerprint density at radius 3 is 2.48 bits per heavy atom. The van der Waals surface area contributed by atoms with Crippen molar-refractivity contribution in [1.29, 1.82) is 0 Å². The van der Waals surface area contributed by atoms with E-state index in [-0.39, 0.29) is 23.7 Å². The highest BCUT2D eigenvalue weighted by molar-refractivity contribution is 6.14. The number of rotatable bonds is 5. The Morgan fingerprint density at radius 1 is 1.08 bits per heavy atom. The molecule has 2 aromatic rings. The molecule has 0 atom stereocenters. The SMILES string of the molecule is O=C1NC(=O)/C(=C\c2ccc(OCc3ccccc3)c([N+](=O)[O-])c2)N1. The van der Waals surface area contributed by atoms with Gasteiger partial charge in [0, 0.05) is 6.07 Å². The van der Waals surface area contributed by atoms with Crippen LogP contribution in [0.3, 0.4) is 0 Å². The second-order valence-electron chi connectivity index (χ2n) is 5.22. The average Bonchev–Trinajstić information content (AvgIpc) is 2.91. The van der Waals surface area contributed by atoms with Crippen molar-refractivity contribution in [2.24, 2.45) is 0 Å². The van der Waals surface area contributed by atoms with Gasteiger partial charge in [-0.15, -0.1) is 0 Å². The first kappa shape index (κ1) is 16.2. The normalized spacial score (nSPS) is 15.0. The number of ether oxygens (including phenoxy) is 1. The number of hydrogen-bond acceptors (Lipinski definition) is 5. The summed E-state index contributed by atoms with van der Waals surface area (Å²) in [6, 6.07) is 13.0. The first-order valence-corrected chi connectivity index (χ1v) is 7.32. The van der Waals surface area contributed by atoms with Crippen molar-refractivity contribution in [3.8, 4) is 5.75 Å². The standard InChI is InChI=1S/C17H13N3O5/c21-16-13(18-17(22)19-16)8-12-6-7-15(14(9-12)20(23)24)25-10-11-4-2-1-3-5-11/h1-9H,10H2,(H2,18,19,21,22)/b13-8+. The molecule has 0 spiro atoms. The first-order chi connectivity index (χ1) is 12.0. The number of nitrogens with zero attached hydrogens (tertiary/aromatic N) is 1. The molecule has 1 aliphatic heterocycles. The maximum absolute atomic E-state index is 11.5. The van der Waals surface area contributed by atoms with Crippen LogP contribution in [0.5, 0.6) is 5.75 Å². The van der Waals surface area contributed by atoms with Crippen LogP contribution in [-0.4, -0.2) is 16.9 Å². The molecule has 8 heteroatoms. The van der Waals surface area contributed by atoms with Crippen LogP contribution in [0.2, 0.25) is 0 Å². The number of amides is 3. The summed E-state index contributed by atoms with van der Waals surface area (Å²) in [7, 11) is 0. The van der Waals surface area contributed by atoms with Gasteiger partial charge in [-0.05, 0) is 23.3 Å². The summed E-state index contributed by atoms with van der Waals surface area (Å²) < 4.78 is 5.54. The lowest BCUT2D eigenvalue weighted by Crippen LogP contribution is -2.22. The highest BCUT2D eigenvalue weighted by Crippen LogP contribution is 2.29. The van der Waals surface area contributed by atoms with Gasteiger partial charge in [0.2, 0.25) is 0 Å². The van der Waals surface area contributed by atoms with Gasteiger partial charge in [-0.3, -0.25) is 20.2 Å². The minimum atomic E-state index is -0.631. The van der Waals surface area contributed by atoms with Crippen molar-refractivity contribution < 1.29 is 19.2 Å². The number of benzene rings is 2. The predicted octanol–water partition coefficient (Wildman–Crippen LogP) is 2.35. The fraction of sp³-hybridized carbons (Fsp3) is 0.0588. The lowest BCUT2D eigenvalue weighted by atomic mass is 10.1. The molecule has 25 heavy (non-hydrogen) atoms. The van der Waals surface area contributed by atoms with Crippen molar-refractivity contribution in [1.82, 2.24) is 10.6 Å². The lowest BCUT2D eigenvalue weighted by molar-refractivity contribution is -0.386. The maximum atomic E-state index is 11.5. The smallest absolute Gasteiger partial charge is 0.326 e. The molecule has 0 bridgehead atoms. The summed E-state index contributed by atoms with van der Waals surface area (Å²) >= 11 is 0. The van der Waals surface area contributed by atoms with Crippen LogP contribution in [0.4, 0.5) is 10.5 Å². The van der Waals surface area contributed by atoms with E-state index in [0.29, 0.717) is 5.56 Å². The van der Waals surface area contributed by atoms with Gasteiger partial charge in [-0.1, -0.05) is 36.4 Å². The van der Waals surface area contributed by atoms with Crippen LogP contribution in [0.1, 0.15) is 11.1 Å². The molecule has 0 saturated carbocycles. The fourth-order valence-corrected chi connectivity index (χ4v) is 2.27. The van der Waals surface area contributed by atoms with Gasteiger partial charge in [0.25, 0.3) is 5.91 Å². The molecule has 0 unspecified atom stereocenters. The van der Waals surface area contributed by atoms with Crippen molar-refractivity contribution in [3.05, 3.63) is 75.5 Å². The molecule has 1 fully saturated rings. The number of nitro groups is 1. The van der Waals surface area contributed by atoms with E-state index in [0.717, 1.165) is 5.56 Å². The number of imide groups is 1. The number of carbonyl (C=O) groups excluding carboxylic acids is 2. The Hall–Kier alpha value is -3.68. The molecule has 0 aliphatic carbocycles. The van der Waals surface area contributed by atoms with Crippen molar-refractivity contribution in [2.45, 2.75) is 6.61 Å². The first-order valence-electron chi connectivity index (χ1n) is 7.32. The Labute approximate surface area is 142 Å². The number of carbonyl (C=O) groups is 2. The van der Waals surface area contributed by atoms with Gasteiger partial charge >= 0.3 is 11.7 Å². The monoisotopic (exact) mass is 339 g/mol. The second kappa shape index (κ2) is 6.83. The average molecular weight is 339 g/mol. The van der Waals surface area contributed by atoms with E-state index in [4.69, 9.17) is 4.74 Å². The van der Waals surface area contributed by atoms with Crippen molar-refractivity contribution >= 4 is 23.7 Å². The fourth-order valence-electron chi connectivity index (χ4n) is 2.27. The Bertz CT molecular complexity index is 877. The van der Waals surface area contributed by atoms with E-state index in [1.807, 2.05) is 30.3 Å². The maximum Gasteiger partial charge on any atom is 0.326 e. The van der Waals surface area contributed by atoms with Crippen LogP contribution in [-0.2, 0) is 11.4 Å². The molecular formula is C17H13N3O5. The summed E-state index contributed by atoms with van der Waals surface area (Å²) in [6.45, 7) is 0.195. The summed E-state index contributed by atoms with van der Waals surface area (Å²) in [4.78, 5) is 33.3. The van der Waals surface area contributed by atoms with Gasteiger partial charge in [0.1, 0.15) is 12.3 Å². The van der Waals surface area contributed by atoms with Crippen LogP contribution in [0.15, 0.2) is 54.2 Å². The molecule has 126 valence electrons. The quantitative estimate of drug-likeness (QED) is 0.376. The van der Waals surface area contributed by atoms with Gasteiger partial charge in [-0.25, -0.2) is 4.79 Å². The zero-order valence-electron chi connectivity index (χ0n) is 12.9. The summed E-state index contributed by atoms with van der Waals surface area (Å²) in [5.41, 5.74) is 1.08. The summed E-state index contributed by atoms with van der Waals surface area (Å²) in [5, 5.41) is 15.7. The Balaban J connectivity index is 1.83. The Morgan fingerprint density at radius 2 is 1.84 bits per heavy atom.